The lowest BCUT2D eigenvalue weighted by atomic mass is 10.1. The van der Waals surface area contributed by atoms with Crippen LogP contribution in [0.5, 0.6) is 0 Å². The first-order chi connectivity index (χ1) is 10.8. The Morgan fingerprint density at radius 3 is 2.55 bits per heavy atom. The van der Waals surface area contributed by atoms with Gasteiger partial charge in [-0.05, 0) is 37.0 Å². The van der Waals surface area contributed by atoms with Crippen LogP contribution in [0.3, 0.4) is 0 Å². The molecule has 0 saturated carbocycles. The van der Waals surface area contributed by atoms with Crippen molar-refractivity contribution >= 4 is 17.6 Å². The number of nitrogens with zero attached hydrogens (tertiary/aromatic N) is 1. The minimum absolute atomic E-state index is 0.753. The van der Waals surface area contributed by atoms with Crippen molar-refractivity contribution in [3.63, 3.8) is 0 Å². The van der Waals surface area contributed by atoms with E-state index in [1.807, 2.05) is 12.1 Å². The number of ether oxygens (including phenoxy) is 1. The van der Waals surface area contributed by atoms with E-state index in [9.17, 15) is 0 Å². The summed E-state index contributed by atoms with van der Waals surface area (Å²) in [7, 11) is 1.80. The molecule has 120 valence electrons. The van der Waals surface area contributed by atoms with Crippen molar-refractivity contribution in [2.24, 2.45) is 4.99 Å². The zero-order chi connectivity index (χ0) is 15.6. The fourth-order valence-electron chi connectivity index (χ4n) is 2.33. The normalized spacial score (nSPS) is 15.4. The minimum atomic E-state index is 0.753. The maximum absolute atomic E-state index is 5.88. The molecule has 2 rings (SSSR count). The van der Waals surface area contributed by atoms with Crippen LogP contribution in [0.4, 0.5) is 0 Å². The lowest BCUT2D eigenvalue weighted by Crippen LogP contribution is -2.38. The Morgan fingerprint density at radius 1 is 1.18 bits per heavy atom. The summed E-state index contributed by atoms with van der Waals surface area (Å²) in [6.07, 6.45) is 5.22. The van der Waals surface area contributed by atoms with Crippen molar-refractivity contribution in [2.75, 3.05) is 33.4 Å². The van der Waals surface area contributed by atoms with Crippen LogP contribution in [0.15, 0.2) is 40.9 Å². The SMILES string of the molecule is CN=C(NCCC1=CCOCC1)NCCc1ccc(Cl)cc1. The minimum Gasteiger partial charge on any atom is -0.377 e. The molecule has 0 bridgehead atoms. The second-order valence-electron chi connectivity index (χ2n) is 5.24. The van der Waals surface area contributed by atoms with E-state index in [0.717, 1.165) is 56.5 Å². The molecule has 2 N–H and O–H groups in total. The van der Waals surface area contributed by atoms with Crippen molar-refractivity contribution in [2.45, 2.75) is 19.3 Å². The highest BCUT2D eigenvalue weighted by Crippen LogP contribution is 2.11. The Balaban J connectivity index is 1.64. The van der Waals surface area contributed by atoms with Crippen LogP contribution in [0.2, 0.25) is 5.02 Å². The molecule has 0 atom stereocenters. The lowest BCUT2D eigenvalue weighted by Gasteiger charge is -2.15. The quantitative estimate of drug-likeness (QED) is 0.481. The third-order valence-electron chi connectivity index (χ3n) is 3.64. The van der Waals surface area contributed by atoms with Crippen LogP contribution in [-0.4, -0.2) is 39.3 Å². The highest BCUT2D eigenvalue weighted by atomic mass is 35.5. The Labute approximate surface area is 137 Å². The summed E-state index contributed by atoms with van der Waals surface area (Å²) in [6.45, 7) is 3.34. The number of halogens is 1. The first kappa shape index (κ1) is 16.8. The molecule has 0 spiro atoms. The molecular weight excluding hydrogens is 298 g/mol. The van der Waals surface area contributed by atoms with Gasteiger partial charge in [-0.1, -0.05) is 35.4 Å². The molecule has 22 heavy (non-hydrogen) atoms. The number of hydrogen-bond donors (Lipinski definition) is 2. The van der Waals surface area contributed by atoms with Gasteiger partial charge in [0.1, 0.15) is 0 Å². The zero-order valence-corrected chi connectivity index (χ0v) is 13.8. The monoisotopic (exact) mass is 321 g/mol. The van der Waals surface area contributed by atoms with E-state index < -0.39 is 0 Å². The summed E-state index contributed by atoms with van der Waals surface area (Å²) >= 11 is 5.88. The summed E-state index contributed by atoms with van der Waals surface area (Å²) in [5.74, 6) is 0.849. The Morgan fingerprint density at radius 2 is 1.91 bits per heavy atom. The first-order valence-electron chi connectivity index (χ1n) is 7.72. The summed E-state index contributed by atoms with van der Waals surface area (Å²) in [4.78, 5) is 4.25. The molecular formula is C17H24ClN3O. The number of benzene rings is 1. The van der Waals surface area contributed by atoms with Crippen LogP contribution >= 0.6 is 11.6 Å². The molecule has 1 aromatic carbocycles. The maximum Gasteiger partial charge on any atom is 0.190 e. The van der Waals surface area contributed by atoms with Gasteiger partial charge >= 0.3 is 0 Å². The molecule has 0 aliphatic carbocycles. The average Bonchev–Trinajstić information content (AvgIpc) is 2.56. The number of hydrogen-bond acceptors (Lipinski definition) is 2. The molecule has 0 amide bonds. The molecule has 0 fully saturated rings. The standard InChI is InChI=1S/C17H24ClN3O/c1-19-17(21-11-7-15-8-12-22-13-9-15)20-10-6-14-2-4-16(18)5-3-14/h2-5,8H,6-7,9-13H2,1H3,(H2,19,20,21). The van der Waals surface area contributed by atoms with E-state index in [1.54, 1.807) is 7.05 Å². The molecule has 1 aliphatic rings. The van der Waals surface area contributed by atoms with Gasteiger partial charge in [-0.25, -0.2) is 0 Å². The second kappa shape index (κ2) is 9.49. The Kier molecular flexibility index (Phi) is 7.26. The first-order valence-corrected chi connectivity index (χ1v) is 8.10. The van der Waals surface area contributed by atoms with Gasteiger partial charge in [0.05, 0.1) is 13.2 Å². The molecule has 0 saturated heterocycles. The van der Waals surface area contributed by atoms with E-state index >= 15 is 0 Å². The predicted octanol–water partition coefficient (Wildman–Crippen LogP) is 2.78. The summed E-state index contributed by atoms with van der Waals surface area (Å²) in [5.41, 5.74) is 2.73. The van der Waals surface area contributed by atoms with Crippen LogP contribution in [0.25, 0.3) is 0 Å². The Bertz CT molecular complexity index is 511. The van der Waals surface area contributed by atoms with Crippen molar-refractivity contribution in [1.29, 1.82) is 0 Å². The largest absolute Gasteiger partial charge is 0.377 e. The van der Waals surface area contributed by atoms with E-state index in [0.29, 0.717) is 0 Å². The molecule has 1 heterocycles. The van der Waals surface area contributed by atoms with Crippen LogP contribution < -0.4 is 10.6 Å². The smallest absolute Gasteiger partial charge is 0.190 e. The molecule has 0 aromatic heterocycles. The topological polar surface area (TPSA) is 45.7 Å². The van der Waals surface area contributed by atoms with Crippen LogP contribution in [0, 0.1) is 0 Å². The van der Waals surface area contributed by atoms with Gasteiger partial charge in [0.25, 0.3) is 0 Å². The molecule has 0 unspecified atom stereocenters. The van der Waals surface area contributed by atoms with Crippen molar-refractivity contribution in [3.05, 3.63) is 46.5 Å². The third kappa shape index (κ3) is 6.08. The van der Waals surface area contributed by atoms with E-state index in [4.69, 9.17) is 16.3 Å². The van der Waals surface area contributed by atoms with Gasteiger partial charge in [-0.3, -0.25) is 4.99 Å². The van der Waals surface area contributed by atoms with E-state index in [2.05, 4.69) is 33.8 Å². The molecule has 4 nitrogen and oxygen atoms in total. The summed E-state index contributed by atoms with van der Waals surface area (Å²) < 4.78 is 5.31. The average molecular weight is 322 g/mol. The van der Waals surface area contributed by atoms with Gasteiger partial charge < -0.3 is 15.4 Å². The predicted molar refractivity (Wildman–Crippen MR) is 92.7 cm³/mol. The van der Waals surface area contributed by atoms with Gasteiger partial charge in [0.2, 0.25) is 0 Å². The van der Waals surface area contributed by atoms with Gasteiger partial charge in [0.15, 0.2) is 5.96 Å². The third-order valence-corrected chi connectivity index (χ3v) is 3.89. The van der Waals surface area contributed by atoms with Crippen molar-refractivity contribution in [3.8, 4) is 0 Å². The van der Waals surface area contributed by atoms with Crippen molar-refractivity contribution in [1.82, 2.24) is 10.6 Å². The zero-order valence-electron chi connectivity index (χ0n) is 13.1. The molecule has 5 heteroatoms. The van der Waals surface area contributed by atoms with Gasteiger partial charge in [-0.2, -0.15) is 0 Å². The van der Waals surface area contributed by atoms with Crippen molar-refractivity contribution < 1.29 is 4.74 Å². The van der Waals surface area contributed by atoms with Crippen LogP contribution in [0.1, 0.15) is 18.4 Å². The van der Waals surface area contributed by atoms with Gasteiger partial charge in [0, 0.05) is 25.2 Å². The molecule has 0 radical (unpaired) electrons. The maximum atomic E-state index is 5.88. The second-order valence-corrected chi connectivity index (χ2v) is 5.68. The number of guanidine groups is 1. The fourth-order valence-corrected chi connectivity index (χ4v) is 2.46. The van der Waals surface area contributed by atoms with Gasteiger partial charge in [-0.15, -0.1) is 0 Å². The highest BCUT2D eigenvalue weighted by molar-refractivity contribution is 6.30. The summed E-state index contributed by atoms with van der Waals surface area (Å²) in [5, 5.41) is 7.45. The molecule has 1 aliphatic heterocycles. The Hall–Kier alpha value is -1.52. The highest BCUT2D eigenvalue weighted by Gasteiger charge is 2.04. The number of aliphatic imine (C=N–C) groups is 1. The number of rotatable bonds is 6. The lowest BCUT2D eigenvalue weighted by molar-refractivity contribution is 0.153. The molecule has 1 aromatic rings. The fraction of sp³-hybridized carbons (Fsp3) is 0.471. The van der Waals surface area contributed by atoms with E-state index in [1.165, 1.54) is 11.1 Å². The van der Waals surface area contributed by atoms with Crippen LogP contribution in [-0.2, 0) is 11.2 Å². The van der Waals surface area contributed by atoms with E-state index in [-0.39, 0.29) is 0 Å². The number of nitrogens with one attached hydrogen (secondary N) is 2. The summed E-state index contributed by atoms with van der Waals surface area (Å²) in [6, 6.07) is 7.95.